The molecule has 6 heteroatoms. The van der Waals surface area contributed by atoms with Crippen LogP contribution < -0.4 is 10.1 Å². The Hall–Kier alpha value is -3.90. The lowest BCUT2D eigenvalue weighted by molar-refractivity contribution is -0.121. The van der Waals surface area contributed by atoms with Crippen molar-refractivity contribution in [2.45, 2.75) is 29.7 Å². The molecule has 37 heavy (non-hydrogen) atoms. The average Bonchev–Trinajstić information content (AvgIpc) is 3.39. The quantitative estimate of drug-likeness (QED) is 0.341. The van der Waals surface area contributed by atoms with Gasteiger partial charge in [-0.2, -0.15) is 0 Å². The second-order valence-corrected chi connectivity index (χ2v) is 11.4. The van der Waals surface area contributed by atoms with Crippen molar-refractivity contribution in [1.82, 2.24) is 5.32 Å². The van der Waals surface area contributed by atoms with E-state index in [9.17, 15) is 13.2 Å². The Labute approximate surface area is 218 Å². The zero-order valence-corrected chi connectivity index (χ0v) is 21.4. The molecule has 5 rings (SSSR count). The van der Waals surface area contributed by atoms with Gasteiger partial charge in [0.05, 0.1) is 17.5 Å². The van der Waals surface area contributed by atoms with Crippen LogP contribution in [0.15, 0.2) is 108 Å². The number of hydrogen-bond acceptors (Lipinski definition) is 4. The zero-order valence-electron chi connectivity index (χ0n) is 20.6. The van der Waals surface area contributed by atoms with Gasteiger partial charge in [0.25, 0.3) is 0 Å². The molecule has 1 amide bonds. The van der Waals surface area contributed by atoms with Crippen LogP contribution in [0.1, 0.15) is 46.2 Å². The number of carbonyl (C=O) groups is 1. The molecule has 1 aliphatic heterocycles. The first-order valence-electron chi connectivity index (χ1n) is 12.3. The summed E-state index contributed by atoms with van der Waals surface area (Å²) in [6.45, 7) is 0.648. The number of hydrogen-bond donors (Lipinski definition) is 1. The topological polar surface area (TPSA) is 72.5 Å². The fourth-order valence-electron chi connectivity index (χ4n) is 4.86. The molecule has 0 radical (unpaired) electrons. The SMILES string of the molecule is CS(=O)(=O)c1ccc(C(NC(=O)CC(c2ccccc2)c2ccccc2)c2ccc3c(c2)CCO3)cc1. The van der Waals surface area contributed by atoms with Gasteiger partial charge in [-0.1, -0.05) is 78.9 Å². The van der Waals surface area contributed by atoms with Crippen LogP contribution in [0.25, 0.3) is 0 Å². The highest BCUT2D eigenvalue weighted by Gasteiger charge is 2.24. The Kier molecular flexibility index (Phi) is 7.10. The number of nitrogens with one attached hydrogen (secondary N) is 1. The van der Waals surface area contributed by atoms with Crippen molar-refractivity contribution in [2.24, 2.45) is 0 Å². The van der Waals surface area contributed by atoms with E-state index in [1.54, 1.807) is 24.3 Å². The maximum absolute atomic E-state index is 13.6. The molecule has 1 heterocycles. The first-order chi connectivity index (χ1) is 17.9. The van der Waals surface area contributed by atoms with Crippen molar-refractivity contribution in [3.05, 3.63) is 131 Å². The standard InChI is InChI=1S/C31H29NO4S/c1-37(34,35)27-15-12-24(13-16-27)31(26-14-17-29-25(20-26)18-19-36-29)32-30(33)21-28(22-8-4-2-5-9-22)23-10-6-3-7-11-23/h2-17,20,28,31H,18-19,21H2,1H3,(H,32,33). The molecule has 188 valence electrons. The molecule has 4 aromatic rings. The van der Waals surface area contributed by atoms with Gasteiger partial charge in [0.1, 0.15) is 5.75 Å². The van der Waals surface area contributed by atoms with Crippen LogP contribution in [-0.2, 0) is 21.1 Å². The molecule has 5 nitrogen and oxygen atoms in total. The van der Waals surface area contributed by atoms with Crippen molar-refractivity contribution >= 4 is 15.7 Å². The molecule has 0 aromatic heterocycles. The summed E-state index contributed by atoms with van der Waals surface area (Å²) in [6.07, 6.45) is 2.29. The first kappa shape index (κ1) is 24.8. The van der Waals surface area contributed by atoms with Gasteiger partial charge in [0, 0.05) is 25.0 Å². The minimum absolute atomic E-state index is 0.0911. The number of sulfone groups is 1. The van der Waals surface area contributed by atoms with Gasteiger partial charge in [-0.3, -0.25) is 4.79 Å². The lowest BCUT2D eigenvalue weighted by Crippen LogP contribution is -2.30. The van der Waals surface area contributed by atoms with Gasteiger partial charge in [-0.25, -0.2) is 8.42 Å². The molecular weight excluding hydrogens is 482 g/mol. The van der Waals surface area contributed by atoms with Gasteiger partial charge in [0.15, 0.2) is 9.84 Å². The Bertz CT molecular complexity index is 1440. The third-order valence-corrected chi connectivity index (χ3v) is 7.92. The molecule has 4 aromatic carbocycles. The Balaban J connectivity index is 1.46. The van der Waals surface area contributed by atoms with Crippen LogP contribution in [0.5, 0.6) is 5.75 Å². The summed E-state index contributed by atoms with van der Waals surface area (Å²) in [7, 11) is -3.32. The van der Waals surface area contributed by atoms with E-state index in [-0.39, 0.29) is 23.1 Å². The number of ether oxygens (including phenoxy) is 1. The normalized spacial score (nSPS) is 13.6. The van der Waals surface area contributed by atoms with E-state index in [0.717, 1.165) is 40.0 Å². The van der Waals surface area contributed by atoms with Gasteiger partial charge >= 0.3 is 0 Å². The van der Waals surface area contributed by atoms with Gasteiger partial charge < -0.3 is 10.1 Å². The summed E-state index contributed by atoms with van der Waals surface area (Å²) >= 11 is 0. The van der Waals surface area contributed by atoms with Gasteiger partial charge in [-0.15, -0.1) is 0 Å². The second-order valence-electron chi connectivity index (χ2n) is 9.39. The molecule has 0 fully saturated rings. The predicted molar refractivity (Wildman–Crippen MR) is 145 cm³/mol. The van der Waals surface area contributed by atoms with E-state index >= 15 is 0 Å². The lowest BCUT2D eigenvalue weighted by Gasteiger charge is -2.23. The highest BCUT2D eigenvalue weighted by atomic mass is 32.2. The molecule has 0 aliphatic carbocycles. The minimum Gasteiger partial charge on any atom is -0.493 e. The summed E-state index contributed by atoms with van der Waals surface area (Å²) < 4.78 is 29.7. The number of carbonyl (C=O) groups excluding carboxylic acids is 1. The summed E-state index contributed by atoms with van der Waals surface area (Å²) in [5.41, 5.74) is 5.01. The summed E-state index contributed by atoms with van der Waals surface area (Å²) in [6, 6.07) is 32.4. The Morgan fingerprint density at radius 2 is 1.41 bits per heavy atom. The highest BCUT2D eigenvalue weighted by Crippen LogP contribution is 2.32. The molecule has 0 saturated carbocycles. The van der Waals surface area contributed by atoms with E-state index in [1.165, 1.54) is 6.26 Å². The molecular formula is C31H29NO4S. The Morgan fingerprint density at radius 1 is 0.811 bits per heavy atom. The van der Waals surface area contributed by atoms with E-state index in [4.69, 9.17) is 4.74 Å². The molecule has 1 aliphatic rings. The van der Waals surface area contributed by atoms with Crippen molar-refractivity contribution in [3.63, 3.8) is 0 Å². The van der Waals surface area contributed by atoms with Crippen LogP contribution in [0.4, 0.5) is 0 Å². The average molecular weight is 512 g/mol. The van der Waals surface area contributed by atoms with Crippen LogP contribution in [0, 0.1) is 0 Å². The third kappa shape index (κ3) is 5.75. The summed E-state index contributed by atoms with van der Waals surface area (Å²) in [5.74, 6) is 0.685. The monoisotopic (exact) mass is 511 g/mol. The molecule has 0 saturated heterocycles. The Morgan fingerprint density at radius 3 is 2.00 bits per heavy atom. The lowest BCUT2D eigenvalue weighted by atomic mass is 9.88. The first-order valence-corrected chi connectivity index (χ1v) is 14.2. The second kappa shape index (κ2) is 10.6. The predicted octanol–water partition coefficient (Wildman–Crippen LogP) is 5.45. The fourth-order valence-corrected chi connectivity index (χ4v) is 5.49. The minimum atomic E-state index is -3.32. The molecule has 1 unspecified atom stereocenters. The number of rotatable bonds is 8. The smallest absolute Gasteiger partial charge is 0.221 e. The van der Waals surface area contributed by atoms with Crippen LogP contribution in [-0.4, -0.2) is 27.2 Å². The van der Waals surface area contributed by atoms with E-state index in [0.29, 0.717) is 6.61 Å². The number of benzene rings is 4. The number of fused-ring (bicyclic) bond motifs is 1. The van der Waals surface area contributed by atoms with Crippen molar-refractivity contribution in [3.8, 4) is 5.75 Å². The molecule has 1 atom stereocenters. The maximum atomic E-state index is 13.6. The van der Waals surface area contributed by atoms with Crippen molar-refractivity contribution in [1.29, 1.82) is 0 Å². The van der Waals surface area contributed by atoms with Crippen LogP contribution >= 0.6 is 0 Å². The van der Waals surface area contributed by atoms with Crippen molar-refractivity contribution in [2.75, 3.05) is 12.9 Å². The molecule has 0 spiro atoms. The molecule has 0 bridgehead atoms. The van der Waals surface area contributed by atoms with Crippen LogP contribution in [0.3, 0.4) is 0 Å². The fraction of sp³-hybridized carbons (Fsp3) is 0.194. The summed E-state index contributed by atoms with van der Waals surface area (Å²) in [5, 5.41) is 3.24. The zero-order chi connectivity index (χ0) is 25.8. The van der Waals surface area contributed by atoms with Crippen molar-refractivity contribution < 1.29 is 17.9 Å². The highest BCUT2D eigenvalue weighted by molar-refractivity contribution is 7.90. The van der Waals surface area contributed by atoms with Gasteiger partial charge in [-0.05, 0) is 52.1 Å². The summed E-state index contributed by atoms with van der Waals surface area (Å²) in [4.78, 5) is 13.8. The van der Waals surface area contributed by atoms with E-state index in [1.807, 2.05) is 72.8 Å². The largest absolute Gasteiger partial charge is 0.493 e. The van der Waals surface area contributed by atoms with Crippen LogP contribution in [0.2, 0.25) is 0 Å². The van der Waals surface area contributed by atoms with E-state index in [2.05, 4.69) is 11.4 Å². The van der Waals surface area contributed by atoms with Gasteiger partial charge in [0.2, 0.25) is 5.91 Å². The molecule has 1 N–H and O–H groups in total. The van der Waals surface area contributed by atoms with E-state index < -0.39 is 15.9 Å². The maximum Gasteiger partial charge on any atom is 0.221 e. The third-order valence-electron chi connectivity index (χ3n) is 6.79. The number of amides is 1.